The van der Waals surface area contributed by atoms with E-state index in [0.717, 1.165) is 27.5 Å². The molecule has 5 aromatic rings. The van der Waals surface area contributed by atoms with Crippen LogP contribution in [0.25, 0.3) is 33.1 Å². The van der Waals surface area contributed by atoms with Gasteiger partial charge in [0.25, 0.3) is 5.91 Å². The Labute approximate surface area is 213 Å². The van der Waals surface area contributed by atoms with E-state index in [1.54, 1.807) is 18.2 Å². The van der Waals surface area contributed by atoms with Crippen LogP contribution < -0.4 is 14.8 Å². The van der Waals surface area contributed by atoms with Crippen molar-refractivity contribution in [2.45, 2.75) is 13.0 Å². The molecule has 0 aliphatic heterocycles. The Bertz CT molecular complexity index is 1560. The van der Waals surface area contributed by atoms with Gasteiger partial charge in [-0.3, -0.25) is 4.79 Å². The average molecular weight is 496 g/mol. The van der Waals surface area contributed by atoms with Crippen LogP contribution in [0.15, 0.2) is 95.4 Å². The number of furan rings is 1. The summed E-state index contributed by atoms with van der Waals surface area (Å²) in [7, 11) is 1.52. The Morgan fingerprint density at radius 2 is 1.54 bits per heavy atom. The zero-order valence-electron chi connectivity index (χ0n) is 20.4. The number of methoxy groups -OCH3 is 1. The normalized spacial score (nSPS) is 11.7. The third-order valence-corrected chi connectivity index (χ3v) is 5.95. The minimum Gasteiger partial charge on any atom is -0.495 e. The zero-order chi connectivity index (χ0) is 25.8. The molecule has 1 amide bonds. The highest BCUT2D eigenvalue weighted by Gasteiger charge is 2.21. The summed E-state index contributed by atoms with van der Waals surface area (Å²) in [5.74, 6) is -0.172. The fraction of sp³-hybridized carbons (Fsp3) is 0.133. The smallest absolute Gasteiger partial charge is 0.344 e. The van der Waals surface area contributed by atoms with Gasteiger partial charge in [0.1, 0.15) is 22.7 Å². The van der Waals surface area contributed by atoms with Gasteiger partial charge in [0.2, 0.25) is 0 Å². The zero-order valence-corrected chi connectivity index (χ0v) is 20.4. The third kappa shape index (κ3) is 5.26. The lowest BCUT2D eigenvalue weighted by Crippen LogP contribution is -2.31. The lowest BCUT2D eigenvalue weighted by molar-refractivity contribution is -0.155. The number of rotatable bonds is 8. The van der Waals surface area contributed by atoms with Crippen LogP contribution in [-0.2, 0) is 14.3 Å². The van der Waals surface area contributed by atoms with Crippen molar-refractivity contribution in [1.29, 1.82) is 0 Å². The number of anilines is 1. The lowest BCUT2D eigenvalue weighted by atomic mass is 10.1. The molecule has 0 saturated carbocycles. The number of ether oxygens (including phenoxy) is 3. The SMILES string of the molecule is COc1cc2c(cc1NC(=O)[C@H](C)OC(=O)COc1ccc(-c3ccccc3)cc1)oc1ccccc12. The number of hydrogen-bond donors (Lipinski definition) is 1. The summed E-state index contributed by atoms with van der Waals surface area (Å²) in [6, 6.07) is 28.5. The summed E-state index contributed by atoms with van der Waals surface area (Å²) in [6.07, 6.45) is -1.05. The molecule has 7 heteroatoms. The van der Waals surface area contributed by atoms with E-state index in [1.165, 1.54) is 14.0 Å². The van der Waals surface area contributed by atoms with Crippen LogP contribution in [0.5, 0.6) is 11.5 Å². The molecular formula is C30H25NO6. The van der Waals surface area contributed by atoms with Crippen LogP contribution in [0.4, 0.5) is 5.69 Å². The predicted molar refractivity (Wildman–Crippen MR) is 142 cm³/mol. The van der Waals surface area contributed by atoms with E-state index >= 15 is 0 Å². The van der Waals surface area contributed by atoms with Gasteiger partial charge in [-0.05, 0) is 42.3 Å². The molecule has 0 aliphatic carbocycles. The number of amides is 1. The molecule has 7 nitrogen and oxygen atoms in total. The van der Waals surface area contributed by atoms with E-state index in [0.29, 0.717) is 22.8 Å². The molecule has 5 rings (SSSR count). The maximum atomic E-state index is 12.8. The molecule has 4 aromatic carbocycles. The first-order valence-electron chi connectivity index (χ1n) is 11.8. The van der Waals surface area contributed by atoms with Gasteiger partial charge in [-0.1, -0.05) is 60.7 Å². The fourth-order valence-corrected chi connectivity index (χ4v) is 4.05. The van der Waals surface area contributed by atoms with Crippen LogP contribution in [0.2, 0.25) is 0 Å². The Hall–Kier alpha value is -4.78. The van der Waals surface area contributed by atoms with Crippen molar-refractivity contribution in [2.24, 2.45) is 0 Å². The van der Waals surface area contributed by atoms with Gasteiger partial charge in [0, 0.05) is 16.8 Å². The first kappa shape index (κ1) is 23.9. The Kier molecular flexibility index (Phi) is 6.76. The van der Waals surface area contributed by atoms with Crippen molar-refractivity contribution in [3.8, 4) is 22.6 Å². The van der Waals surface area contributed by atoms with E-state index < -0.39 is 18.0 Å². The molecule has 186 valence electrons. The second-order valence-corrected chi connectivity index (χ2v) is 8.45. The number of hydrogen-bond acceptors (Lipinski definition) is 6. The van der Waals surface area contributed by atoms with Crippen molar-refractivity contribution in [1.82, 2.24) is 0 Å². The summed E-state index contributed by atoms with van der Waals surface area (Å²) in [5, 5.41) is 4.58. The van der Waals surface area contributed by atoms with Gasteiger partial charge in [-0.2, -0.15) is 0 Å². The lowest BCUT2D eigenvalue weighted by Gasteiger charge is -2.15. The number of carbonyl (C=O) groups is 2. The topological polar surface area (TPSA) is 87.0 Å². The summed E-state index contributed by atoms with van der Waals surface area (Å²) < 4.78 is 22.2. The monoisotopic (exact) mass is 495 g/mol. The van der Waals surface area contributed by atoms with Gasteiger partial charge < -0.3 is 23.9 Å². The summed E-state index contributed by atoms with van der Waals surface area (Å²) in [6.45, 7) is 1.17. The van der Waals surface area contributed by atoms with E-state index in [9.17, 15) is 9.59 Å². The standard InChI is InChI=1S/C30H25NO6/c1-19(36-29(32)18-35-22-14-12-21(13-15-22)20-8-4-3-5-9-20)30(33)31-25-17-27-24(16-28(25)34-2)23-10-6-7-11-26(23)37-27/h3-17,19H,18H2,1-2H3,(H,31,33)/t19-/m0/s1. The third-order valence-electron chi connectivity index (χ3n) is 5.95. The van der Waals surface area contributed by atoms with E-state index in [2.05, 4.69) is 5.32 Å². The summed E-state index contributed by atoms with van der Waals surface area (Å²) >= 11 is 0. The first-order valence-corrected chi connectivity index (χ1v) is 11.8. The van der Waals surface area contributed by atoms with E-state index in [-0.39, 0.29) is 6.61 Å². The van der Waals surface area contributed by atoms with Crippen LogP contribution in [-0.4, -0.2) is 31.7 Å². The molecule has 0 fully saturated rings. The molecule has 0 aliphatic rings. The van der Waals surface area contributed by atoms with Crippen LogP contribution in [0, 0.1) is 0 Å². The molecule has 0 saturated heterocycles. The number of benzene rings is 4. The predicted octanol–water partition coefficient (Wildman–Crippen LogP) is 6.21. The molecule has 1 aromatic heterocycles. The van der Waals surface area contributed by atoms with Gasteiger partial charge in [0.05, 0.1) is 12.8 Å². The number of carbonyl (C=O) groups excluding carboxylic acids is 2. The Morgan fingerprint density at radius 1 is 0.838 bits per heavy atom. The first-order chi connectivity index (χ1) is 18.0. The molecule has 0 bridgehead atoms. The van der Waals surface area contributed by atoms with Gasteiger partial charge in [0.15, 0.2) is 12.7 Å². The molecule has 0 unspecified atom stereocenters. The number of nitrogens with one attached hydrogen (secondary N) is 1. The highest BCUT2D eigenvalue weighted by atomic mass is 16.6. The molecule has 1 atom stereocenters. The van der Waals surface area contributed by atoms with Crippen LogP contribution in [0.3, 0.4) is 0 Å². The van der Waals surface area contributed by atoms with Crippen molar-refractivity contribution in [3.63, 3.8) is 0 Å². The fourth-order valence-electron chi connectivity index (χ4n) is 4.05. The van der Waals surface area contributed by atoms with Crippen LogP contribution in [0.1, 0.15) is 6.92 Å². The Morgan fingerprint density at radius 3 is 2.30 bits per heavy atom. The van der Waals surface area contributed by atoms with Crippen molar-refractivity contribution in [3.05, 3.63) is 91.0 Å². The molecule has 0 radical (unpaired) electrons. The molecule has 37 heavy (non-hydrogen) atoms. The van der Waals surface area contributed by atoms with E-state index in [1.807, 2.05) is 72.8 Å². The molecule has 1 N–H and O–H groups in total. The number of fused-ring (bicyclic) bond motifs is 3. The molecule has 0 spiro atoms. The largest absolute Gasteiger partial charge is 0.495 e. The van der Waals surface area contributed by atoms with Crippen molar-refractivity contribution < 1.29 is 28.2 Å². The van der Waals surface area contributed by atoms with Gasteiger partial charge in [-0.15, -0.1) is 0 Å². The van der Waals surface area contributed by atoms with Crippen molar-refractivity contribution >= 4 is 39.5 Å². The maximum Gasteiger partial charge on any atom is 0.344 e. The van der Waals surface area contributed by atoms with Crippen molar-refractivity contribution in [2.75, 3.05) is 19.0 Å². The Balaban J connectivity index is 1.19. The highest BCUT2D eigenvalue weighted by Crippen LogP contribution is 2.36. The number of esters is 1. The number of para-hydroxylation sites is 1. The van der Waals surface area contributed by atoms with Crippen LogP contribution >= 0.6 is 0 Å². The van der Waals surface area contributed by atoms with Gasteiger partial charge >= 0.3 is 5.97 Å². The summed E-state index contributed by atoms with van der Waals surface area (Å²) in [4.78, 5) is 25.1. The van der Waals surface area contributed by atoms with E-state index in [4.69, 9.17) is 18.6 Å². The highest BCUT2D eigenvalue weighted by molar-refractivity contribution is 6.08. The quantitative estimate of drug-likeness (QED) is 0.258. The second kappa shape index (κ2) is 10.5. The molecule has 1 heterocycles. The average Bonchev–Trinajstić information content (AvgIpc) is 3.29. The minimum atomic E-state index is -1.05. The summed E-state index contributed by atoms with van der Waals surface area (Å²) in [5.41, 5.74) is 3.88. The minimum absolute atomic E-state index is 0.323. The maximum absolute atomic E-state index is 12.8. The van der Waals surface area contributed by atoms with Gasteiger partial charge in [-0.25, -0.2) is 4.79 Å². The second-order valence-electron chi connectivity index (χ2n) is 8.45. The molecular weight excluding hydrogens is 470 g/mol.